The van der Waals surface area contributed by atoms with Crippen LogP contribution in [0.2, 0.25) is 0 Å². The van der Waals surface area contributed by atoms with E-state index in [1.807, 2.05) is 0 Å². The number of benzene rings is 1. The molecule has 78 valence electrons. The van der Waals surface area contributed by atoms with Gasteiger partial charge in [-0.1, -0.05) is 0 Å². The predicted octanol–water partition coefficient (Wildman–Crippen LogP) is 0.753. The Kier molecular flexibility index (Phi) is 2.24. The number of aromatic nitrogens is 3. The lowest BCUT2D eigenvalue weighted by molar-refractivity contribution is 0.0597. The van der Waals surface area contributed by atoms with Gasteiger partial charge in [-0.3, -0.25) is 0 Å². The highest BCUT2D eigenvalue weighted by molar-refractivity contribution is 5.96. The first-order valence-electron chi connectivity index (χ1n) is 4.23. The molecular formula is C9H9N3O3. The van der Waals surface area contributed by atoms with Gasteiger partial charge in [0, 0.05) is 6.07 Å². The van der Waals surface area contributed by atoms with Crippen LogP contribution in [-0.2, 0) is 4.74 Å². The Bertz CT molecular complexity index is 506. The lowest BCUT2D eigenvalue weighted by Crippen LogP contribution is -2.03. The summed E-state index contributed by atoms with van der Waals surface area (Å²) in [5.74, 6) is -0.0417. The lowest BCUT2D eigenvalue weighted by atomic mass is 10.2. The zero-order valence-corrected chi connectivity index (χ0v) is 8.27. The summed E-state index contributed by atoms with van der Waals surface area (Å²) in [7, 11) is 2.79. The molecule has 0 radical (unpaired) electrons. The molecule has 0 atom stereocenters. The molecule has 0 bridgehead atoms. The molecule has 6 nitrogen and oxygen atoms in total. The summed E-state index contributed by atoms with van der Waals surface area (Å²) in [6.07, 6.45) is 0. The van der Waals surface area contributed by atoms with Crippen LogP contribution in [0.3, 0.4) is 0 Å². The molecule has 6 heteroatoms. The molecule has 0 fully saturated rings. The van der Waals surface area contributed by atoms with Gasteiger partial charge in [0.15, 0.2) is 0 Å². The van der Waals surface area contributed by atoms with Crippen LogP contribution >= 0.6 is 0 Å². The van der Waals surface area contributed by atoms with Gasteiger partial charge in [-0.15, -0.1) is 0 Å². The molecule has 0 amide bonds. The van der Waals surface area contributed by atoms with Crippen molar-refractivity contribution in [3.05, 3.63) is 17.7 Å². The van der Waals surface area contributed by atoms with Gasteiger partial charge in [-0.2, -0.15) is 15.4 Å². The highest BCUT2D eigenvalue weighted by Gasteiger charge is 2.15. The number of rotatable bonds is 2. The molecule has 1 aromatic carbocycles. The van der Waals surface area contributed by atoms with Gasteiger partial charge < -0.3 is 9.47 Å². The summed E-state index contributed by atoms with van der Waals surface area (Å²) >= 11 is 0. The fourth-order valence-corrected chi connectivity index (χ4v) is 1.31. The van der Waals surface area contributed by atoms with E-state index in [2.05, 4.69) is 20.1 Å². The number of nitrogens with one attached hydrogen (secondary N) is 1. The minimum Gasteiger partial charge on any atom is -0.496 e. The van der Waals surface area contributed by atoms with E-state index in [0.717, 1.165) is 0 Å². The Labute approximate surface area is 85.2 Å². The van der Waals surface area contributed by atoms with Crippen molar-refractivity contribution in [2.45, 2.75) is 0 Å². The van der Waals surface area contributed by atoms with Gasteiger partial charge >= 0.3 is 5.97 Å². The van der Waals surface area contributed by atoms with E-state index < -0.39 is 5.97 Å². The van der Waals surface area contributed by atoms with Crippen molar-refractivity contribution in [2.75, 3.05) is 14.2 Å². The lowest BCUT2D eigenvalue weighted by Gasteiger charge is -2.05. The third kappa shape index (κ3) is 1.50. The maximum Gasteiger partial charge on any atom is 0.341 e. The third-order valence-electron chi connectivity index (χ3n) is 2.04. The monoisotopic (exact) mass is 207 g/mol. The number of H-pyrrole nitrogens is 1. The number of nitrogens with zero attached hydrogens (tertiary/aromatic N) is 2. The fraction of sp³-hybridized carbons (Fsp3) is 0.222. The number of carbonyl (C=O) groups excluding carboxylic acids is 1. The van der Waals surface area contributed by atoms with Crippen molar-refractivity contribution in [3.63, 3.8) is 0 Å². The van der Waals surface area contributed by atoms with Crippen LogP contribution in [0.4, 0.5) is 0 Å². The number of carbonyl (C=O) groups is 1. The predicted molar refractivity (Wildman–Crippen MR) is 51.8 cm³/mol. The van der Waals surface area contributed by atoms with Crippen molar-refractivity contribution in [1.29, 1.82) is 0 Å². The number of hydrogen-bond acceptors (Lipinski definition) is 5. The first-order chi connectivity index (χ1) is 7.26. The second kappa shape index (κ2) is 3.56. The molecule has 15 heavy (non-hydrogen) atoms. The summed E-state index contributed by atoms with van der Waals surface area (Å²) in [6, 6.07) is 3.20. The number of methoxy groups -OCH3 is 2. The van der Waals surface area contributed by atoms with Crippen molar-refractivity contribution < 1.29 is 14.3 Å². The van der Waals surface area contributed by atoms with Gasteiger partial charge in [-0.05, 0) is 6.07 Å². The Hall–Kier alpha value is -2.11. The van der Waals surface area contributed by atoms with E-state index in [-0.39, 0.29) is 0 Å². The highest BCUT2D eigenvalue weighted by Crippen LogP contribution is 2.23. The first-order valence-corrected chi connectivity index (χ1v) is 4.23. The van der Waals surface area contributed by atoms with Crippen LogP contribution in [0, 0.1) is 0 Å². The summed E-state index contributed by atoms with van der Waals surface area (Å²) in [4.78, 5) is 11.4. The summed E-state index contributed by atoms with van der Waals surface area (Å²) in [6.45, 7) is 0. The van der Waals surface area contributed by atoms with Crippen LogP contribution in [-0.4, -0.2) is 35.6 Å². The van der Waals surface area contributed by atoms with Crippen LogP contribution in [0.1, 0.15) is 10.4 Å². The Morgan fingerprint density at radius 1 is 1.27 bits per heavy atom. The zero-order valence-electron chi connectivity index (χ0n) is 8.27. The molecule has 0 aliphatic rings. The van der Waals surface area contributed by atoms with Gasteiger partial charge in [0.2, 0.25) is 0 Å². The minimum absolute atomic E-state index is 0.335. The highest BCUT2D eigenvalue weighted by atomic mass is 16.5. The maximum atomic E-state index is 11.4. The molecule has 0 saturated heterocycles. The fourth-order valence-electron chi connectivity index (χ4n) is 1.31. The number of esters is 1. The standard InChI is InChI=1S/C9H9N3O3/c1-14-8-4-7-6(10-12-11-7)3-5(8)9(13)15-2/h3-4H,1-2H3,(H,10,11,12). The van der Waals surface area contributed by atoms with E-state index in [9.17, 15) is 4.79 Å². The first kappa shape index (κ1) is 9.45. The SMILES string of the molecule is COC(=O)c1cc2n[nH]nc2cc1OC. The van der Waals surface area contributed by atoms with E-state index in [0.29, 0.717) is 22.3 Å². The van der Waals surface area contributed by atoms with E-state index in [4.69, 9.17) is 4.74 Å². The van der Waals surface area contributed by atoms with Gasteiger partial charge in [0.05, 0.1) is 14.2 Å². The number of hydrogen-bond donors (Lipinski definition) is 1. The molecule has 0 saturated carbocycles. The second-order valence-electron chi connectivity index (χ2n) is 2.86. The molecule has 0 unspecified atom stereocenters. The smallest absolute Gasteiger partial charge is 0.341 e. The van der Waals surface area contributed by atoms with Crippen LogP contribution in [0.25, 0.3) is 11.0 Å². The molecule has 1 aromatic heterocycles. The quantitative estimate of drug-likeness (QED) is 0.735. The minimum atomic E-state index is -0.461. The van der Waals surface area contributed by atoms with Crippen molar-refractivity contribution in [1.82, 2.24) is 15.4 Å². The summed E-state index contributed by atoms with van der Waals surface area (Å²) in [5, 5.41) is 10.2. The Balaban J connectivity index is 2.64. The average molecular weight is 207 g/mol. The van der Waals surface area contributed by atoms with Crippen molar-refractivity contribution >= 4 is 17.0 Å². The van der Waals surface area contributed by atoms with E-state index in [1.54, 1.807) is 12.1 Å². The van der Waals surface area contributed by atoms with Gasteiger partial charge in [-0.25, -0.2) is 4.79 Å². The molecule has 2 aromatic rings. The third-order valence-corrected chi connectivity index (χ3v) is 2.04. The van der Waals surface area contributed by atoms with Crippen LogP contribution < -0.4 is 4.74 Å². The number of ether oxygens (including phenoxy) is 2. The Morgan fingerprint density at radius 2 is 1.93 bits per heavy atom. The topological polar surface area (TPSA) is 77.1 Å². The van der Waals surface area contributed by atoms with Crippen molar-refractivity contribution in [2.24, 2.45) is 0 Å². The molecule has 1 N–H and O–H groups in total. The van der Waals surface area contributed by atoms with Gasteiger partial charge in [0.1, 0.15) is 22.3 Å². The number of fused-ring (bicyclic) bond motifs is 1. The zero-order chi connectivity index (χ0) is 10.8. The molecule has 1 heterocycles. The molecule has 0 aliphatic heterocycles. The van der Waals surface area contributed by atoms with Crippen molar-refractivity contribution in [3.8, 4) is 5.75 Å². The molecule has 0 spiro atoms. The van der Waals surface area contributed by atoms with Gasteiger partial charge in [0.25, 0.3) is 0 Å². The normalized spacial score (nSPS) is 10.3. The summed E-state index contributed by atoms with van der Waals surface area (Å²) in [5.41, 5.74) is 1.57. The molecule has 0 aliphatic carbocycles. The maximum absolute atomic E-state index is 11.4. The van der Waals surface area contributed by atoms with Crippen LogP contribution in [0.5, 0.6) is 5.75 Å². The van der Waals surface area contributed by atoms with E-state index >= 15 is 0 Å². The average Bonchev–Trinajstić information content (AvgIpc) is 2.73. The number of aromatic amines is 1. The molecular weight excluding hydrogens is 198 g/mol. The summed E-state index contributed by atoms with van der Waals surface area (Å²) < 4.78 is 9.69. The Morgan fingerprint density at radius 3 is 2.53 bits per heavy atom. The second-order valence-corrected chi connectivity index (χ2v) is 2.86. The molecule has 2 rings (SSSR count). The van der Waals surface area contributed by atoms with E-state index in [1.165, 1.54) is 14.2 Å². The largest absolute Gasteiger partial charge is 0.496 e. The van der Waals surface area contributed by atoms with Crippen LogP contribution in [0.15, 0.2) is 12.1 Å².